The van der Waals surface area contributed by atoms with Crippen molar-refractivity contribution in [3.63, 3.8) is 0 Å². The second-order valence-electron chi connectivity index (χ2n) is 5.75. The second-order valence-corrected chi connectivity index (χ2v) is 6.60. The minimum Gasteiger partial charge on any atom is -0.383 e. The Bertz CT molecular complexity index is 398. The van der Waals surface area contributed by atoms with Crippen LogP contribution in [0.1, 0.15) is 44.6 Å². The lowest BCUT2D eigenvalue weighted by molar-refractivity contribution is 0.456. The Balaban J connectivity index is 1.85. The Morgan fingerprint density at radius 1 is 1.37 bits per heavy atom. The van der Waals surface area contributed by atoms with Gasteiger partial charge in [-0.3, -0.25) is 0 Å². The predicted octanol–water partition coefficient (Wildman–Crippen LogP) is 4.48. The third kappa shape index (κ3) is 4.81. The average Bonchev–Trinajstić information content (AvgIpc) is 2.62. The molecule has 2 unspecified atom stereocenters. The number of benzene rings is 1. The largest absolute Gasteiger partial charge is 0.383 e. The van der Waals surface area contributed by atoms with Crippen molar-refractivity contribution in [1.82, 2.24) is 5.32 Å². The fraction of sp³-hybridized carbons (Fsp3) is 0.625. The molecule has 1 saturated heterocycles. The maximum atomic E-state index is 3.67. The zero-order valence-electron chi connectivity index (χ0n) is 12.0. The van der Waals surface area contributed by atoms with Crippen molar-refractivity contribution in [2.75, 3.05) is 11.9 Å². The lowest BCUT2D eigenvalue weighted by atomic mass is 10.0. The van der Waals surface area contributed by atoms with E-state index in [-0.39, 0.29) is 0 Å². The smallest absolute Gasteiger partial charge is 0.0345 e. The van der Waals surface area contributed by atoms with Gasteiger partial charge in [-0.15, -0.1) is 0 Å². The first kappa shape index (κ1) is 14.9. The first-order valence-electron chi connectivity index (χ1n) is 7.41. The number of hydrogen-bond donors (Lipinski definition) is 2. The molecule has 1 aliphatic rings. The molecule has 1 heterocycles. The van der Waals surface area contributed by atoms with Crippen molar-refractivity contribution in [3.05, 3.63) is 28.2 Å². The molecule has 2 atom stereocenters. The van der Waals surface area contributed by atoms with Crippen LogP contribution in [0.2, 0.25) is 0 Å². The number of aryl methyl sites for hydroxylation is 1. The zero-order chi connectivity index (χ0) is 13.7. The molecule has 0 spiro atoms. The molecule has 0 aliphatic carbocycles. The molecule has 3 heteroatoms. The van der Waals surface area contributed by atoms with Gasteiger partial charge in [0.1, 0.15) is 0 Å². The van der Waals surface area contributed by atoms with Gasteiger partial charge in [-0.1, -0.05) is 28.8 Å². The van der Waals surface area contributed by atoms with Gasteiger partial charge in [0.05, 0.1) is 0 Å². The summed E-state index contributed by atoms with van der Waals surface area (Å²) in [4.78, 5) is 0. The fourth-order valence-electron chi connectivity index (χ4n) is 2.81. The quantitative estimate of drug-likeness (QED) is 0.853. The summed E-state index contributed by atoms with van der Waals surface area (Å²) in [5.74, 6) is 0. The number of rotatable bonds is 4. The molecule has 19 heavy (non-hydrogen) atoms. The highest BCUT2D eigenvalue weighted by atomic mass is 79.9. The fourth-order valence-corrected chi connectivity index (χ4v) is 3.05. The molecule has 1 aromatic rings. The van der Waals surface area contributed by atoms with Gasteiger partial charge < -0.3 is 10.6 Å². The van der Waals surface area contributed by atoms with Gasteiger partial charge >= 0.3 is 0 Å². The molecule has 0 bridgehead atoms. The minimum atomic E-state index is 0.510. The van der Waals surface area contributed by atoms with Gasteiger partial charge in [0.15, 0.2) is 0 Å². The number of anilines is 1. The Morgan fingerprint density at radius 3 is 3.00 bits per heavy atom. The topological polar surface area (TPSA) is 24.1 Å². The summed E-state index contributed by atoms with van der Waals surface area (Å²) in [6.07, 6.45) is 6.63. The van der Waals surface area contributed by atoms with Crippen molar-refractivity contribution in [1.29, 1.82) is 0 Å². The van der Waals surface area contributed by atoms with Gasteiger partial charge in [0.25, 0.3) is 0 Å². The number of hydrogen-bond acceptors (Lipinski definition) is 2. The lowest BCUT2D eigenvalue weighted by Crippen LogP contribution is -2.33. The van der Waals surface area contributed by atoms with Crippen LogP contribution >= 0.6 is 15.9 Å². The van der Waals surface area contributed by atoms with Crippen LogP contribution in [-0.2, 0) is 0 Å². The Kier molecular flexibility index (Phi) is 5.71. The van der Waals surface area contributed by atoms with E-state index in [1.165, 1.54) is 54.4 Å². The second kappa shape index (κ2) is 7.30. The van der Waals surface area contributed by atoms with Crippen molar-refractivity contribution >= 4 is 21.6 Å². The molecule has 106 valence electrons. The highest BCUT2D eigenvalue weighted by molar-refractivity contribution is 9.10. The van der Waals surface area contributed by atoms with E-state index in [2.05, 4.69) is 58.6 Å². The summed E-state index contributed by atoms with van der Waals surface area (Å²) in [7, 11) is 0. The predicted molar refractivity (Wildman–Crippen MR) is 86.8 cm³/mol. The highest BCUT2D eigenvalue weighted by Crippen LogP contribution is 2.21. The van der Waals surface area contributed by atoms with Crippen LogP contribution in [0.15, 0.2) is 22.7 Å². The third-order valence-corrected chi connectivity index (χ3v) is 4.76. The Labute approximate surface area is 125 Å². The summed E-state index contributed by atoms with van der Waals surface area (Å²) in [6, 6.07) is 7.67. The Hall–Kier alpha value is -0.540. The molecular formula is C16H25BrN2. The molecular weight excluding hydrogens is 300 g/mol. The van der Waals surface area contributed by atoms with E-state index in [0.29, 0.717) is 12.1 Å². The van der Waals surface area contributed by atoms with Crippen LogP contribution in [0.5, 0.6) is 0 Å². The number of nitrogens with one attached hydrogen (secondary N) is 2. The molecule has 1 fully saturated rings. The molecule has 2 nitrogen and oxygen atoms in total. The number of halogens is 1. The van der Waals surface area contributed by atoms with Crippen LogP contribution in [-0.4, -0.2) is 18.6 Å². The van der Waals surface area contributed by atoms with E-state index in [1.807, 2.05) is 0 Å². The van der Waals surface area contributed by atoms with Crippen LogP contribution in [0.3, 0.4) is 0 Å². The molecule has 0 aromatic heterocycles. The SMILES string of the molecule is Cc1cc(NC(C)CC2CCCCCN2)ccc1Br. The van der Waals surface area contributed by atoms with Crippen molar-refractivity contribution < 1.29 is 0 Å². The maximum absolute atomic E-state index is 3.67. The highest BCUT2D eigenvalue weighted by Gasteiger charge is 2.14. The standard InChI is InChI=1S/C16H25BrN2/c1-12-10-15(7-8-16(12)17)19-13(2)11-14-6-4-3-5-9-18-14/h7-8,10,13-14,18-19H,3-6,9,11H2,1-2H3. The van der Waals surface area contributed by atoms with Crippen LogP contribution in [0, 0.1) is 6.92 Å². The van der Waals surface area contributed by atoms with Crippen molar-refractivity contribution in [3.8, 4) is 0 Å². The summed E-state index contributed by atoms with van der Waals surface area (Å²) < 4.78 is 1.18. The molecule has 0 amide bonds. The van der Waals surface area contributed by atoms with Gasteiger partial charge in [-0.05, 0) is 63.4 Å². The van der Waals surface area contributed by atoms with Gasteiger partial charge in [0, 0.05) is 22.2 Å². The zero-order valence-corrected chi connectivity index (χ0v) is 13.6. The lowest BCUT2D eigenvalue weighted by Gasteiger charge is -2.22. The van der Waals surface area contributed by atoms with Crippen LogP contribution < -0.4 is 10.6 Å². The summed E-state index contributed by atoms with van der Waals surface area (Å²) >= 11 is 3.55. The van der Waals surface area contributed by atoms with E-state index < -0.39 is 0 Å². The first-order valence-corrected chi connectivity index (χ1v) is 8.20. The van der Waals surface area contributed by atoms with Crippen LogP contribution in [0.4, 0.5) is 5.69 Å². The van der Waals surface area contributed by atoms with Crippen molar-refractivity contribution in [2.24, 2.45) is 0 Å². The van der Waals surface area contributed by atoms with Crippen LogP contribution in [0.25, 0.3) is 0 Å². The van der Waals surface area contributed by atoms with Crippen molar-refractivity contribution in [2.45, 2.75) is 58.0 Å². The van der Waals surface area contributed by atoms with E-state index in [1.54, 1.807) is 0 Å². The summed E-state index contributed by atoms with van der Waals surface area (Å²) in [6.45, 7) is 5.60. The normalized spacial score (nSPS) is 21.7. The Morgan fingerprint density at radius 2 is 2.21 bits per heavy atom. The first-order chi connectivity index (χ1) is 9.15. The molecule has 1 aliphatic heterocycles. The van der Waals surface area contributed by atoms with E-state index in [9.17, 15) is 0 Å². The summed E-state index contributed by atoms with van der Waals surface area (Å²) in [5.41, 5.74) is 2.51. The molecule has 2 N–H and O–H groups in total. The minimum absolute atomic E-state index is 0.510. The van der Waals surface area contributed by atoms with Gasteiger partial charge in [-0.2, -0.15) is 0 Å². The maximum Gasteiger partial charge on any atom is 0.0345 e. The van der Waals surface area contributed by atoms with E-state index in [0.717, 1.165) is 0 Å². The monoisotopic (exact) mass is 324 g/mol. The molecule has 0 saturated carbocycles. The molecule has 0 radical (unpaired) electrons. The molecule has 1 aromatic carbocycles. The third-order valence-electron chi connectivity index (χ3n) is 3.87. The van der Waals surface area contributed by atoms with Gasteiger partial charge in [0.2, 0.25) is 0 Å². The molecule has 2 rings (SSSR count). The summed E-state index contributed by atoms with van der Waals surface area (Å²) in [5, 5.41) is 7.29. The van der Waals surface area contributed by atoms with E-state index in [4.69, 9.17) is 0 Å². The average molecular weight is 325 g/mol. The van der Waals surface area contributed by atoms with E-state index >= 15 is 0 Å². The van der Waals surface area contributed by atoms with Gasteiger partial charge in [-0.25, -0.2) is 0 Å².